The Balaban J connectivity index is 2.03. The molecule has 0 aliphatic carbocycles. The van der Waals surface area contributed by atoms with Gasteiger partial charge in [-0.05, 0) is 89.9 Å². The Labute approximate surface area is 453 Å². The molecule has 432 valence electrons. The lowest BCUT2D eigenvalue weighted by Gasteiger charge is -2.40. The molecule has 1 amide bonds. The summed E-state index contributed by atoms with van der Waals surface area (Å²) in [7, 11) is 0. The number of aliphatic hydroxyl groups excluding tert-OH is 5. The third kappa shape index (κ3) is 41.7. The first-order chi connectivity index (χ1) is 36.2. The first-order valence-electron chi connectivity index (χ1n) is 30.9. The summed E-state index contributed by atoms with van der Waals surface area (Å²) < 4.78 is 16.7. The number of esters is 1. The van der Waals surface area contributed by atoms with Crippen LogP contribution in [0.15, 0.2) is 48.6 Å². The average molecular weight is 1050 g/mol. The van der Waals surface area contributed by atoms with E-state index in [2.05, 4.69) is 55.6 Å². The van der Waals surface area contributed by atoms with Gasteiger partial charge in [-0.25, -0.2) is 0 Å². The third-order valence-electron chi connectivity index (χ3n) is 14.4. The molecule has 74 heavy (non-hydrogen) atoms. The van der Waals surface area contributed by atoms with Gasteiger partial charge in [-0.15, -0.1) is 0 Å². The molecule has 6 N–H and O–H groups in total. The predicted octanol–water partition coefficient (Wildman–Crippen LogP) is 14.5. The number of aliphatic hydroxyl groups is 5. The molecule has 0 saturated carbocycles. The fourth-order valence-electron chi connectivity index (χ4n) is 9.48. The summed E-state index contributed by atoms with van der Waals surface area (Å²) in [5, 5.41) is 54.2. The fourth-order valence-corrected chi connectivity index (χ4v) is 9.48. The Morgan fingerprint density at radius 3 is 1.38 bits per heavy atom. The zero-order valence-electron chi connectivity index (χ0n) is 47.6. The smallest absolute Gasteiger partial charge is 0.305 e. The summed E-state index contributed by atoms with van der Waals surface area (Å²) in [5.74, 6) is -0.226. The highest BCUT2D eigenvalue weighted by atomic mass is 16.7. The second-order valence-electron chi connectivity index (χ2n) is 21.4. The summed E-state index contributed by atoms with van der Waals surface area (Å²) in [6, 6.07) is -0.817. The Hall–Kier alpha value is -2.38. The van der Waals surface area contributed by atoms with Crippen molar-refractivity contribution in [3.05, 3.63) is 48.6 Å². The quantitative estimate of drug-likeness (QED) is 0.0149. The highest BCUT2D eigenvalue weighted by molar-refractivity contribution is 5.76. The molecule has 7 atom stereocenters. The molecule has 1 heterocycles. The fraction of sp³-hybridized carbons (Fsp3) is 0.841. The van der Waals surface area contributed by atoms with Gasteiger partial charge >= 0.3 is 5.97 Å². The average Bonchev–Trinajstić information content (AvgIpc) is 3.40. The maximum atomic E-state index is 13.0. The Bertz CT molecular complexity index is 1370. The molecule has 1 saturated heterocycles. The van der Waals surface area contributed by atoms with Crippen LogP contribution < -0.4 is 5.32 Å². The van der Waals surface area contributed by atoms with Crippen LogP contribution in [0.2, 0.25) is 0 Å². The van der Waals surface area contributed by atoms with Crippen LogP contribution in [0, 0.1) is 0 Å². The van der Waals surface area contributed by atoms with Crippen molar-refractivity contribution in [1.82, 2.24) is 5.32 Å². The second-order valence-corrected chi connectivity index (χ2v) is 21.4. The van der Waals surface area contributed by atoms with Gasteiger partial charge in [-0.1, -0.05) is 223 Å². The van der Waals surface area contributed by atoms with E-state index in [1.807, 2.05) is 6.08 Å². The molecule has 1 fully saturated rings. The summed E-state index contributed by atoms with van der Waals surface area (Å²) in [4.78, 5) is 25.1. The summed E-state index contributed by atoms with van der Waals surface area (Å²) in [6.45, 7) is 4.26. The standard InChI is InChI=1S/C63H115NO10/c1-3-5-7-9-11-13-14-15-16-17-22-25-28-31-35-39-43-47-51-59(68)72-52-48-44-40-36-32-29-26-23-20-18-19-21-24-27-30-34-38-42-46-50-58(67)64-55(56(66)49-45-41-37-33-12-10-8-6-4-2)54-73-63-62(71)61(70)60(69)57(53-65)74-63/h16-17,23,26,29,32,45,49,55-57,60-63,65-66,69-71H,3-15,18-22,24-25,27-28,30-31,33-44,46-48,50-54H2,1-2H3,(H,64,67)/b17-16-,26-23-,32-29-,49-45+. The van der Waals surface area contributed by atoms with E-state index in [1.165, 1.54) is 161 Å². The van der Waals surface area contributed by atoms with E-state index >= 15 is 0 Å². The number of rotatable bonds is 53. The lowest BCUT2D eigenvalue weighted by atomic mass is 9.99. The summed E-state index contributed by atoms with van der Waals surface area (Å²) in [6.07, 6.45) is 56.5. The zero-order valence-corrected chi connectivity index (χ0v) is 47.6. The van der Waals surface area contributed by atoms with E-state index in [1.54, 1.807) is 6.08 Å². The molecule has 0 bridgehead atoms. The van der Waals surface area contributed by atoms with E-state index in [9.17, 15) is 35.1 Å². The minimum atomic E-state index is -1.57. The molecule has 1 rings (SSSR count). The van der Waals surface area contributed by atoms with Gasteiger partial charge in [0.25, 0.3) is 0 Å². The van der Waals surface area contributed by atoms with E-state index in [-0.39, 0.29) is 18.5 Å². The minimum Gasteiger partial charge on any atom is -0.466 e. The van der Waals surface area contributed by atoms with Gasteiger partial charge in [0.15, 0.2) is 6.29 Å². The Kier molecular flexibility index (Phi) is 49.6. The first-order valence-corrected chi connectivity index (χ1v) is 30.9. The number of hydrogen-bond donors (Lipinski definition) is 6. The van der Waals surface area contributed by atoms with Gasteiger partial charge in [0, 0.05) is 12.8 Å². The second kappa shape index (κ2) is 52.7. The predicted molar refractivity (Wildman–Crippen MR) is 306 cm³/mol. The van der Waals surface area contributed by atoms with Gasteiger partial charge in [0.1, 0.15) is 24.4 Å². The lowest BCUT2D eigenvalue weighted by molar-refractivity contribution is -0.302. The maximum Gasteiger partial charge on any atom is 0.305 e. The van der Waals surface area contributed by atoms with Crippen molar-refractivity contribution < 1.29 is 49.3 Å². The molecule has 1 aliphatic rings. The number of unbranched alkanes of at least 4 members (excludes halogenated alkanes) is 34. The maximum absolute atomic E-state index is 13.0. The van der Waals surface area contributed by atoms with Crippen molar-refractivity contribution in [2.75, 3.05) is 19.8 Å². The van der Waals surface area contributed by atoms with Crippen molar-refractivity contribution in [2.24, 2.45) is 0 Å². The van der Waals surface area contributed by atoms with Crippen molar-refractivity contribution in [2.45, 2.75) is 320 Å². The van der Waals surface area contributed by atoms with E-state index < -0.39 is 49.5 Å². The molecular weight excluding hydrogens is 931 g/mol. The monoisotopic (exact) mass is 1050 g/mol. The SMILES string of the molecule is CCCCCCCCC/C=C\CCCCCCCCCC(=O)OCCCCC/C=C\C=C/CCCCCCCCCCCCC(=O)NC(COC1OC(CO)C(O)C(O)C1O)C(O)/C=C/CCCCCCCCC. The highest BCUT2D eigenvalue weighted by Crippen LogP contribution is 2.23. The lowest BCUT2D eigenvalue weighted by Crippen LogP contribution is -2.60. The van der Waals surface area contributed by atoms with Crippen molar-refractivity contribution in [3.63, 3.8) is 0 Å². The number of hydrogen-bond acceptors (Lipinski definition) is 10. The molecule has 0 radical (unpaired) electrons. The summed E-state index contributed by atoms with van der Waals surface area (Å²) >= 11 is 0. The molecule has 7 unspecified atom stereocenters. The number of carbonyl (C=O) groups excluding carboxylic acids is 2. The van der Waals surface area contributed by atoms with Crippen LogP contribution in [-0.2, 0) is 23.8 Å². The first kappa shape index (κ1) is 69.6. The molecule has 0 aromatic carbocycles. The van der Waals surface area contributed by atoms with E-state index in [0.717, 1.165) is 89.9 Å². The van der Waals surface area contributed by atoms with Crippen LogP contribution in [0.1, 0.15) is 277 Å². The van der Waals surface area contributed by atoms with E-state index in [4.69, 9.17) is 14.2 Å². The van der Waals surface area contributed by atoms with Gasteiger partial charge < -0.3 is 45.1 Å². The molecular formula is C63H115NO10. The van der Waals surface area contributed by atoms with Crippen molar-refractivity contribution in [1.29, 1.82) is 0 Å². The normalized spacial score (nSPS) is 19.1. The summed E-state index contributed by atoms with van der Waals surface area (Å²) in [5.41, 5.74) is 0. The van der Waals surface area contributed by atoms with Crippen LogP contribution in [0.25, 0.3) is 0 Å². The van der Waals surface area contributed by atoms with Crippen LogP contribution >= 0.6 is 0 Å². The molecule has 0 aromatic heterocycles. The number of ether oxygens (including phenoxy) is 3. The molecule has 0 spiro atoms. The topological polar surface area (TPSA) is 175 Å². The zero-order chi connectivity index (χ0) is 53.8. The van der Waals surface area contributed by atoms with Crippen molar-refractivity contribution in [3.8, 4) is 0 Å². The van der Waals surface area contributed by atoms with Gasteiger partial charge in [-0.2, -0.15) is 0 Å². The molecule has 11 heteroatoms. The largest absolute Gasteiger partial charge is 0.466 e. The van der Waals surface area contributed by atoms with Crippen LogP contribution in [0.3, 0.4) is 0 Å². The van der Waals surface area contributed by atoms with Gasteiger partial charge in [-0.3, -0.25) is 9.59 Å². The number of allylic oxidation sites excluding steroid dienone is 7. The van der Waals surface area contributed by atoms with Crippen LogP contribution in [0.4, 0.5) is 0 Å². The number of amides is 1. The number of carbonyl (C=O) groups is 2. The van der Waals surface area contributed by atoms with Gasteiger partial charge in [0.2, 0.25) is 5.91 Å². The number of nitrogens with one attached hydrogen (secondary N) is 1. The molecule has 0 aromatic rings. The van der Waals surface area contributed by atoms with Crippen LogP contribution in [-0.4, -0.2) is 100 Å². The third-order valence-corrected chi connectivity index (χ3v) is 14.4. The highest BCUT2D eigenvalue weighted by Gasteiger charge is 2.44. The van der Waals surface area contributed by atoms with Gasteiger partial charge in [0.05, 0.1) is 32.0 Å². The molecule has 11 nitrogen and oxygen atoms in total. The Morgan fingerprint density at radius 2 is 0.905 bits per heavy atom. The Morgan fingerprint density at radius 1 is 0.500 bits per heavy atom. The van der Waals surface area contributed by atoms with Crippen LogP contribution in [0.5, 0.6) is 0 Å². The molecule has 1 aliphatic heterocycles. The van der Waals surface area contributed by atoms with E-state index in [0.29, 0.717) is 19.4 Å². The minimum absolute atomic E-state index is 0.0316. The van der Waals surface area contributed by atoms with Crippen molar-refractivity contribution >= 4 is 11.9 Å².